The average molecular weight is 416 g/mol. The van der Waals surface area contributed by atoms with Gasteiger partial charge in [-0.05, 0) is 35.0 Å². The van der Waals surface area contributed by atoms with Crippen molar-refractivity contribution in [2.45, 2.75) is 23.4 Å². The summed E-state index contributed by atoms with van der Waals surface area (Å²) < 4.78 is 68.7. The molecule has 0 atom stereocenters. The van der Waals surface area contributed by atoms with Crippen LogP contribution in [-0.4, -0.2) is 33.1 Å². The lowest BCUT2D eigenvalue weighted by Gasteiger charge is -2.09. The summed E-state index contributed by atoms with van der Waals surface area (Å²) in [6, 6.07) is 9.30. The molecule has 0 aliphatic heterocycles. The highest BCUT2D eigenvalue weighted by atomic mass is 32.2. The van der Waals surface area contributed by atoms with Gasteiger partial charge >= 0.3 is 6.18 Å². The van der Waals surface area contributed by atoms with E-state index in [0.29, 0.717) is 17.3 Å². The topological polar surface area (TPSA) is 52.8 Å². The number of nitrogens with zero attached hydrogens (tertiary/aromatic N) is 4. The lowest BCUT2D eigenvalue weighted by atomic mass is 10.1. The predicted octanol–water partition coefficient (Wildman–Crippen LogP) is 4.73. The molecule has 0 unspecified atom stereocenters. The predicted molar refractivity (Wildman–Crippen MR) is 92.2 cm³/mol. The second-order valence-electron chi connectivity index (χ2n) is 5.59. The van der Waals surface area contributed by atoms with Gasteiger partial charge in [-0.1, -0.05) is 30.0 Å². The maximum absolute atomic E-state index is 12.8. The van der Waals surface area contributed by atoms with E-state index in [4.69, 9.17) is 4.74 Å². The summed E-state index contributed by atoms with van der Waals surface area (Å²) in [5.74, 6) is -2.25. The van der Waals surface area contributed by atoms with Gasteiger partial charge in [-0.3, -0.25) is 0 Å². The molecule has 0 aliphatic carbocycles. The minimum atomic E-state index is -4.47. The van der Waals surface area contributed by atoms with Crippen LogP contribution in [0.4, 0.5) is 22.0 Å². The van der Waals surface area contributed by atoms with Crippen molar-refractivity contribution in [3.8, 4) is 17.1 Å². The quantitative estimate of drug-likeness (QED) is 0.430. The normalized spacial score (nSPS) is 11.8. The molecule has 5 nitrogen and oxygen atoms in total. The van der Waals surface area contributed by atoms with Crippen molar-refractivity contribution in [2.75, 3.05) is 7.11 Å². The Labute approximate surface area is 160 Å². The van der Waals surface area contributed by atoms with Gasteiger partial charge in [0.15, 0.2) is 0 Å². The third-order valence-corrected chi connectivity index (χ3v) is 4.44. The van der Waals surface area contributed by atoms with Gasteiger partial charge in [0.25, 0.3) is 5.76 Å². The molecular weight excluding hydrogens is 403 g/mol. The molecule has 3 rings (SSSR count). The summed E-state index contributed by atoms with van der Waals surface area (Å²) in [6.45, 7) is 0.141. The summed E-state index contributed by atoms with van der Waals surface area (Å²) in [6.07, 6.45) is -4.47. The molecule has 28 heavy (non-hydrogen) atoms. The van der Waals surface area contributed by atoms with E-state index in [2.05, 4.69) is 15.4 Å². The monoisotopic (exact) mass is 416 g/mol. The fourth-order valence-electron chi connectivity index (χ4n) is 2.43. The third kappa shape index (κ3) is 4.77. The molecule has 0 aliphatic rings. The van der Waals surface area contributed by atoms with Crippen LogP contribution in [0.3, 0.4) is 0 Å². The average Bonchev–Trinajstić information content (AvgIpc) is 3.10. The molecule has 2 aromatic carbocycles. The number of tetrazole rings is 1. The number of hydrogen-bond donors (Lipinski definition) is 0. The minimum absolute atomic E-state index is 0.0444. The highest BCUT2D eigenvalue weighted by molar-refractivity contribution is 7.99. The van der Waals surface area contributed by atoms with Gasteiger partial charge < -0.3 is 4.74 Å². The molecule has 1 aromatic heterocycles. The number of aromatic nitrogens is 4. The number of benzene rings is 2. The molecule has 0 radical (unpaired) electrons. The van der Waals surface area contributed by atoms with Gasteiger partial charge in [0, 0.05) is 5.56 Å². The van der Waals surface area contributed by atoms with E-state index < -0.39 is 17.5 Å². The van der Waals surface area contributed by atoms with Crippen molar-refractivity contribution in [1.29, 1.82) is 0 Å². The van der Waals surface area contributed by atoms with E-state index in [1.807, 2.05) is 0 Å². The molecule has 0 fully saturated rings. The summed E-state index contributed by atoms with van der Waals surface area (Å²) in [7, 11) is 1.37. The van der Waals surface area contributed by atoms with E-state index in [-0.39, 0.29) is 28.6 Å². The number of alkyl halides is 5. The first-order chi connectivity index (χ1) is 13.3. The summed E-state index contributed by atoms with van der Waals surface area (Å²) in [5, 5.41) is 11.7. The Morgan fingerprint density at radius 1 is 1.14 bits per heavy atom. The van der Waals surface area contributed by atoms with Crippen LogP contribution in [-0.2, 0) is 12.7 Å². The molecule has 11 heteroatoms. The highest BCUT2D eigenvalue weighted by Gasteiger charge is 2.30. The smallest absolute Gasteiger partial charge is 0.416 e. The van der Waals surface area contributed by atoms with Crippen molar-refractivity contribution in [2.24, 2.45) is 0 Å². The van der Waals surface area contributed by atoms with Gasteiger partial charge in [0.1, 0.15) is 5.75 Å². The Hall–Kier alpha value is -2.69. The van der Waals surface area contributed by atoms with Gasteiger partial charge in [0.2, 0.25) is 5.82 Å². The Kier molecular flexibility index (Phi) is 5.82. The van der Waals surface area contributed by atoms with Crippen molar-refractivity contribution < 1.29 is 26.7 Å². The summed E-state index contributed by atoms with van der Waals surface area (Å²) >= 11 is 0.369. The number of ether oxygens (including phenoxy) is 1. The van der Waals surface area contributed by atoms with Crippen molar-refractivity contribution >= 4 is 11.8 Å². The Morgan fingerprint density at radius 3 is 2.61 bits per heavy atom. The largest absolute Gasteiger partial charge is 0.496 e. The maximum Gasteiger partial charge on any atom is 0.416 e. The molecule has 1 heterocycles. The Morgan fingerprint density at radius 2 is 1.93 bits per heavy atom. The second-order valence-corrected chi connectivity index (χ2v) is 6.62. The van der Waals surface area contributed by atoms with E-state index in [9.17, 15) is 22.0 Å². The molecule has 0 N–H and O–H groups in total. The third-order valence-electron chi connectivity index (χ3n) is 3.67. The fraction of sp³-hybridized carbons (Fsp3) is 0.235. The molecule has 0 spiro atoms. The van der Waals surface area contributed by atoms with E-state index >= 15 is 0 Å². The van der Waals surface area contributed by atoms with Crippen LogP contribution in [0.1, 0.15) is 11.1 Å². The number of rotatable bonds is 6. The van der Waals surface area contributed by atoms with Crippen molar-refractivity contribution in [3.63, 3.8) is 0 Å². The maximum atomic E-state index is 12.8. The van der Waals surface area contributed by atoms with Crippen LogP contribution in [0.25, 0.3) is 11.4 Å². The first-order valence-electron chi connectivity index (χ1n) is 7.83. The number of hydrogen-bond acceptors (Lipinski definition) is 5. The zero-order valence-electron chi connectivity index (χ0n) is 14.3. The van der Waals surface area contributed by atoms with Crippen LogP contribution in [0.5, 0.6) is 5.75 Å². The van der Waals surface area contributed by atoms with E-state index in [1.165, 1.54) is 30.1 Å². The number of thioether (sulfide) groups is 1. The van der Waals surface area contributed by atoms with Gasteiger partial charge in [-0.25, -0.2) is 0 Å². The Bertz CT molecular complexity index is 961. The highest BCUT2D eigenvalue weighted by Crippen LogP contribution is 2.34. The van der Waals surface area contributed by atoms with Gasteiger partial charge in [-0.15, -0.1) is 10.2 Å². The zero-order valence-corrected chi connectivity index (χ0v) is 15.1. The lowest BCUT2D eigenvalue weighted by Crippen LogP contribution is -2.05. The fourth-order valence-corrected chi connectivity index (χ4v) is 3.02. The number of methoxy groups -OCH3 is 1. The van der Waals surface area contributed by atoms with Crippen molar-refractivity contribution in [3.05, 3.63) is 53.6 Å². The first-order valence-corrected chi connectivity index (χ1v) is 8.71. The standard InChI is InChI=1S/C17H13F5N4OS/c1-27-13-7-10(5-6-14(13)28-16(18)19)9-26-24-15(23-25-26)11-3-2-4-12(8-11)17(20,21)22/h2-8,16H,9H2,1H3. The zero-order chi connectivity index (χ0) is 20.3. The SMILES string of the molecule is COc1cc(Cn2nnc(-c3cccc(C(F)(F)F)c3)n2)ccc1SC(F)F. The van der Waals surface area contributed by atoms with Crippen molar-refractivity contribution in [1.82, 2.24) is 20.2 Å². The van der Waals surface area contributed by atoms with Crippen LogP contribution in [0.2, 0.25) is 0 Å². The summed E-state index contributed by atoms with van der Waals surface area (Å²) in [5.41, 5.74) is 0.0315. The molecular formula is C17H13F5N4OS. The summed E-state index contributed by atoms with van der Waals surface area (Å²) in [4.78, 5) is 1.49. The van der Waals surface area contributed by atoms with Crippen LogP contribution in [0.15, 0.2) is 47.4 Å². The van der Waals surface area contributed by atoms with Gasteiger partial charge in [-0.2, -0.15) is 26.7 Å². The molecule has 0 amide bonds. The molecule has 0 saturated heterocycles. The Balaban J connectivity index is 1.80. The molecule has 0 saturated carbocycles. The van der Waals surface area contributed by atoms with E-state index in [0.717, 1.165) is 12.1 Å². The second kappa shape index (κ2) is 8.13. The van der Waals surface area contributed by atoms with Crippen LogP contribution < -0.4 is 4.74 Å². The lowest BCUT2D eigenvalue weighted by molar-refractivity contribution is -0.137. The van der Waals surface area contributed by atoms with Gasteiger partial charge in [0.05, 0.1) is 24.1 Å². The molecule has 0 bridgehead atoms. The first kappa shape index (κ1) is 20.1. The van der Waals surface area contributed by atoms with Crippen LogP contribution in [0, 0.1) is 0 Å². The molecule has 3 aromatic rings. The number of halogens is 5. The van der Waals surface area contributed by atoms with E-state index in [1.54, 1.807) is 12.1 Å². The minimum Gasteiger partial charge on any atom is -0.496 e. The molecule has 148 valence electrons. The van der Waals surface area contributed by atoms with Crippen LogP contribution >= 0.6 is 11.8 Å².